The third-order valence-electron chi connectivity index (χ3n) is 3.60. The van der Waals surface area contributed by atoms with E-state index < -0.39 is 11.9 Å². The van der Waals surface area contributed by atoms with Gasteiger partial charge in [-0.15, -0.1) is 0 Å². The van der Waals surface area contributed by atoms with Gasteiger partial charge in [-0.05, 0) is 11.1 Å². The fourth-order valence-corrected chi connectivity index (χ4v) is 2.36. The summed E-state index contributed by atoms with van der Waals surface area (Å²) in [6.07, 6.45) is 0.327. The molecule has 1 unspecified atom stereocenters. The van der Waals surface area contributed by atoms with Crippen molar-refractivity contribution in [3.05, 3.63) is 71.8 Å². The van der Waals surface area contributed by atoms with Crippen LogP contribution in [0.3, 0.4) is 0 Å². The Bertz CT molecular complexity index is 717. The van der Waals surface area contributed by atoms with Crippen LogP contribution in [0.5, 0.6) is 0 Å². The number of primary amides is 1. The van der Waals surface area contributed by atoms with Crippen molar-refractivity contribution in [2.75, 3.05) is 6.54 Å². The molecule has 1 atom stereocenters. The van der Waals surface area contributed by atoms with Crippen LogP contribution in [0.1, 0.15) is 23.6 Å². The second-order valence-corrected chi connectivity index (χ2v) is 5.58. The van der Waals surface area contributed by atoms with Crippen molar-refractivity contribution in [2.45, 2.75) is 18.9 Å². The molecule has 25 heavy (non-hydrogen) atoms. The summed E-state index contributed by atoms with van der Waals surface area (Å²) in [6, 6.07) is 17.2. The Kier molecular flexibility index (Phi) is 6.71. The molecular formula is C19H21N3O3. The maximum absolute atomic E-state index is 12.0. The van der Waals surface area contributed by atoms with E-state index in [0.717, 1.165) is 5.56 Å². The van der Waals surface area contributed by atoms with Crippen LogP contribution in [0, 0.1) is 0 Å². The van der Waals surface area contributed by atoms with Crippen molar-refractivity contribution in [3.63, 3.8) is 0 Å². The van der Waals surface area contributed by atoms with Gasteiger partial charge in [-0.25, -0.2) is 0 Å². The molecule has 2 aromatic rings. The number of hydrogen-bond donors (Lipinski definition) is 3. The minimum Gasteiger partial charge on any atom is -0.368 e. The van der Waals surface area contributed by atoms with E-state index in [1.54, 1.807) is 24.3 Å². The number of carbonyl (C=O) groups is 3. The second-order valence-electron chi connectivity index (χ2n) is 5.58. The lowest BCUT2D eigenvalue weighted by Crippen LogP contribution is -2.39. The summed E-state index contributed by atoms with van der Waals surface area (Å²) in [7, 11) is 0. The molecule has 0 spiro atoms. The van der Waals surface area contributed by atoms with Gasteiger partial charge >= 0.3 is 0 Å². The first kappa shape index (κ1) is 18.2. The van der Waals surface area contributed by atoms with Crippen LogP contribution in [-0.2, 0) is 20.8 Å². The molecule has 0 aliphatic heterocycles. The van der Waals surface area contributed by atoms with Gasteiger partial charge in [0.1, 0.15) is 6.04 Å². The van der Waals surface area contributed by atoms with Gasteiger partial charge in [-0.3, -0.25) is 14.4 Å². The van der Waals surface area contributed by atoms with E-state index in [9.17, 15) is 14.4 Å². The van der Waals surface area contributed by atoms with Crippen LogP contribution >= 0.6 is 0 Å². The van der Waals surface area contributed by atoms with Crippen LogP contribution < -0.4 is 16.4 Å². The average Bonchev–Trinajstić information content (AvgIpc) is 2.61. The zero-order valence-corrected chi connectivity index (χ0v) is 13.8. The van der Waals surface area contributed by atoms with Gasteiger partial charge in [-0.1, -0.05) is 60.7 Å². The highest BCUT2D eigenvalue weighted by atomic mass is 16.2. The highest BCUT2D eigenvalue weighted by Gasteiger charge is 2.19. The van der Waals surface area contributed by atoms with Crippen LogP contribution in [0.25, 0.3) is 0 Å². The second kappa shape index (κ2) is 9.22. The normalized spacial score (nSPS) is 11.4. The molecule has 130 valence electrons. The van der Waals surface area contributed by atoms with Crippen molar-refractivity contribution >= 4 is 17.7 Å². The first-order valence-corrected chi connectivity index (χ1v) is 8.00. The van der Waals surface area contributed by atoms with Gasteiger partial charge in [0, 0.05) is 13.0 Å². The number of nitrogens with two attached hydrogens (primary N) is 1. The fourth-order valence-electron chi connectivity index (χ4n) is 2.36. The van der Waals surface area contributed by atoms with Crippen LogP contribution in [0.15, 0.2) is 60.7 Å². The third-order valence-corrected chi connectivity index (χ3v) is 3.60. The van der Waals surface area contributed by atoms with Crippen molar-refractivity contribution in [1.29, 1.82) is 0 Å². The molecule has 2 aromatic carbocycles. The Morgan fingerprint density at radius 1 is 0.880 bits per heavy atom. The molecular weight excluding hydrogens is 318 g/mol. The van der Waals surface area contributed by atoms with E-state index in [2.05, 4.69) is 10.6 Å². The molecule has 2 rings (SSSR count). The van der Waals surface area contributed by atoms with Gasteiger partial charge in [-0.2, -0.15) is 0 Å². The zero-order valence-electron chi connectivity index (χ0n) is 13.8. The number of hydrogen-bond acceptors (Lipinski definition) is 3. The molecule has 0 aromatic heterocycles. The minimum absolute atomic E-state index is 0.0666. The van der Waals surface area contributed by atoms with Gasteiger partial charge in [0.15, 0.2) is 0 Å². The summed E-state index contributed by atoms with van der Waals surface area (Å²) >= 11 is 0. The molecule has 0 fully saturated rings. The molecule has 0 heterocycles. The summed E-state index contributed by atoms with van der Waals surface area (Å²) in [5.41, 5.74) is 6.88. The SMILES string of the molecule is NC(=O)C(NC(=O)CCNC(=O)Cc1ccccc1)c1ccccc1. The first-order valence-electron chi connectivity index (χ1n) is 8.00. The molecule has 0 saturated heterocycles. The summed E-state index contributed by atoms with van der Waals surface area (Å²) in [5.74, 6) is -1.14. The van der Waals surface area contributed by atoms with E-state index >= 15 is 0 Å². The van der Waals surface area contributed by atoms with E-state index in [1.165, 1.54) is 0 Å². The maximum atomic E-state index is 12.0. The Balaban J connectivity index is 1.77. The highest BCUT2D eigenvalue weighted by molar-refractivity contribution is 5.88. The molecule has 0 bridgehead atoms. The molecule has 3 amide bonds. The van der Waals surface area contributed by atoms with E-state index in [-0.39, 0.29) is 31.2 Å². The smallest absolute Gasteiger partial charge is 0.244 e. The predicted molar refractivity (Wildman–Crippen MR) is 94.3 cm³/mol. The Labute approximate surface area is 146 Å². The van der Waals surface area contributed by atoms with E-state index in [0.29, 0.717) is 5.56 Å². The third kappa shape index (κ3) is 6.10. The van der Waals surface area contributed by atoms with Gasteiger partial charge < -0.3 is 16.4 Å². The lowest BCUT2D eigenvalue weighted by atomic mass is 10.1. The number of nitrogens with one attached hydrogen (secondary N) is 2. The lowest BCUT2D eigenvalue weighted by Gasteiger charge is -2.16. The molecule has 6 heteroatoms. The Morgan fingerprint density at radius 2 is 1.48 bits per heavy atom. The van der Waals surface area contributed by atoms with Crippen molar-refractivity contribution < 1.29 is 14.4 Å². The van der Waals surface area contributed by atoms with Gasteiger partial charge in [0.25, 0.3) is 0 Å². The Morgan fingerprint density at radius 3 is 2.08 bits per heavy atom. The monoisotopic (exact) mass is 339 g/mol. The summed E-state index contributed by atoms with van der Waals surface area (Å²) in [6.45, 7) is 0.192. The molecule has 6 nitrogen and oxygen atoms in total. The number of rotatable bonds is 8. The number of benzene rings is 2. The predicted octanol–water partition coefficient (Wildman–Crippen LogP) is 1.08. The Hall–Kier alpha value is -3.15. The molecule has 0 saturated carbocycles. The number of carbonyl (C=O) groups excluding carboxylic acids is 3. The maximum Gasteiger partial charge on any atom is 0.244 e. The summed E-state index contributed by atoms with van der Waals surface area (Å²) in [4.78, 5) is 35.4. The van der Waals surface area contributed by atoms with Crippen LogP contribution in [0.4, 0.5) is 0 Å². The van der Waals surface area contributed by atoms with Gasteiger partial charge in [0.05, 0.1) is 6.42 Å². The quantitative estimate of drug-likeness (QED) is 0.671. The largest absolute Gasteiger partial charge is 0.368 e. The standard InChI is InChI=1S/C19H21N3O3/c20-19(25)18(15-9-5-2-6-10-15)22-16(23)11-12-21-17(24)13-14-7-3-1-4-8-14/h1-10,18H,11-13H2,(H2,20,25)(H,21,24)(H,22,23). The molecule has 0 aliphatic rings. The van der Waals surface area contributed by atoms with Crippen LogP contribution in [0.2, 0.25) is 0 Å². The van der Waals surface area contributed by atoms with Crippen LogP contribution in [-0.4, -0.2) is 24.3 Å². The minimum atomic E-state index is -0.881. The molecule has 0 radical (unpaired) electrons. The first-order chi connectivity index (χ1) is 12.1. The molecule has 0 aliphatic carbocycles. The topological polar surface area (TPSA) is 101 Å². The number of amides is 3. The lowest BCUT2D eigenvalue weighted by molar-refractivity contribution is -0.127. The van der Waals surface area contributed by atoms with E-state index in [1.807, 2.05) is 36.4 Å². The van der Waals surface area contributed by atoms with Crippen molar-refractivity contribution in [2.24, 2.45) is 5.73 Å². The van der Waals surface area contributed by atoms with Gasteiger partial charge in [0.2, 0.25) is 17.7 Å². The summed E-state index contributed by atoms with van der Waals surface area (Å²) < 4.78 is 0. The van der Waals surface area contributed by atoms with Crippen molar-refractivity contribution in [3.8, 4) is 0 Å². The van der Waals surface area contributed by atoms with E-state index in [4.69, 9.17) is 5.73 Å². The fraction of sp³-hybridized carbons (Fsp3) is 0.211. The summed E-state index contributed by atoms with van der Waals surface area (Å²) in [5, 5.41) is 5.28. The molecule has 4 N–H and O–H groups in total. The average molecular weight is 339 g/mol. The van der Waals surface area contributed by atoms with Crippen molar-refractivity contribution in [1.82, 2.24) is 10.6 Å². The zero-order chi connectivity index (χ0) is 18.1. The highest BCUT2D eigenvalue weighted by Crippen LogP contribution is 2.11.